The molecule has 0 aliphatic rings. The lowest BCUT2D eigenvalue weighted by Crippen LogP contribution is -2.34. The van der Waals surface area contributed by atoms with Gasteiger partial charge in [0.05, 0.1) is 0 Å². The lowest BCUT2D eigenvalue weighted by molar-refractivity contribution is -0.131. The van der Waals surface area contributed by atoms with Gasteiger partial charge in [-0.1, -0.05) is 40.0 Å². The van der Waals surface area contributed by atoms with E-state index in [1.54, 1.807) is 0 Å². The second-order valence-corrected chi connectivity index (χ2v) is 5.72. The summed E-state index contributed by atoms with van der Waals surface area (Å²) in [5, 5.41) is 0. The minimum atomic E-state index is 0.320. The van der Waals surface area contributed by atoms with Gasteiger partial charge >= 0.3 is 0 Å². The summed E-state index contributed by atoms with van der Waals surface area (Å²) in [4.78, 5) is 14.2. The van der Waals surface area contributed by atoms with Crippen molar-refractivity contribution in [3.8, 4) is 0 Å². The average molecular weight is 270 g/mol. The number of rotatable bonds is 11. The zero-order chi connectivity index (χ0) is 14.7. The van der Waals surface area contributed by atoms with Crippen LogP contribution in [0.3, 0.4) is 0 Å². The highest BCUT2D eigenvalue weighted by Crippen LogP contribution is 2.18. The third-order valence-electron chi connectivity index (χ3n) is 4.00. The van der Waals surface area contributed by atoms with Gasteiger partial charge in [0.2, 0.25) is 5.91 Å². The molecule has 0 saturated carbocycles. The molecule has 2 atom stereocenters. The van der Waals surface area contributed by atoms with Gasteiger partial charge in [0.1, 0.15) is 0 Å². The number of carbonyl (C=O) groups excluding carboxylic acids is 1. The van der Waals surface area contributed by atoms with Gasteiger partial charge in [-0.3, -0.25) is 4.79 Å². The Morgan fingerprint density at radius 3 is 2.32 bits per heavy atom. The Balaban J connectivity index is 4.16. The first-order chi connectivity index (χ1) is 9.08. The maximum absolute atomic E-state index is 12.2. The molecule has 0 bridgehead atoms. The smallest absolute Gasteiger partial charge is 0.222 e. The van der Waals surface area contributed by atoms with Gasteiger partial charge < -0.3 is 10.6 Å². The third-order valence-corrected chi connectivity index (χ3v) is 4.00. The molecular formula is C16H34N2O. The predicted molar refractivity (Wildman–Crippen MR) is 83.0 cm³/mol. The fourth-order valence-electron chi connectivity index (χ4n) is 2.48. The van der Waals surface area contributed by atoms with E-state index < -0.39 is 0 Å². The average Bonchev–Trinajstić information content (AvgIpc) is 2.41. The van der Waals surface area contributed by atoms with Gasteiger partial charge in [0.25, 0.3) is 0 Å². The van der Waals surface area contributed by atoms with Crippen molar-refractivity contribution in [2.75, 3.05) is 19.6 Å². The van der Waals surface area contributed by atoms with Crippen molar-refractivity contribution in [1.82, 2.24) is 4.90 Å². The van der Waals surface area contributed by atoms with Crippen LogP contribution in [-0.4, -0.2) is 30.4 Å². The number of hydrogen-bond acceptors (Lipinski definition) is 2. The van der Waals surface area contributed by atoms with E-state index in [2.05, 4.69) is 27.7 Å². The first kappa shape index (κ1) is 18.4. The van der Waals surface area contributed by atoms with Crippen LogP contribution < -0.4 is 5.73 Å². The molecule has 0 heterocycles. The zero-order valence-corrected chi connectivity index (χ0v) is 13.5. The Hall–Kier alpha value is -0.570. The third kappa shape index (κ3) is 8.25. The summed E-state index contributed by atoms with van der Waals surface area (Å²) in [6.07, 6.45) is 6.26. The minimum Gasteiger partial charge on any atom is -0.343 e. The fraction of sp³-hybridized carbons (Fsp3) is 0.938. The largest absolute Gasteiger partial charge is 0.343 e. The summed E-state index contributed by atoms with van der Waals surface area (Å²) in [7, 11) is 0. The quantitative estimate of drug-likeness (QED) is 0.625. The number of nitrogens with zero attached hydrogens (tertiary/aromatic N) is 1. The van der Waals surface area contributed by atoms with Crippen LogP contribution in [0.15, 0.2) is 0 Å². The summed E-state index contributed by atoms with van der Waals surface area (Å²) in [6, 6.07) is 0. The maximum Gasteiger partial charge on any atom is 0.222 e. The Bertz CT molecular complexity index is 225. The number of amides is 1. The highest BCUT2D eigenvalue weighted by atomic mass is 16.2. The molecule has 3 heteroatoms. The van der Waals surface area contributed by atoms with E-state index in [1.165, 1.54) is 12.8 Å². The first-order valence-corrected chi connectivity index (χ1v) is 8.06. The van der Waals surface area contributed by atoms with Crippen LogP contribution in [0.1, 0.15) is 66.2 Å². The number of nitrogens with two attached hydrogens (primary N) is 1. The zero-order valence-electron chi connectivity index (χ0n) is 13.5. The molecule has 114 valence electrons. The molecule has 0 aromatic rings. The lowest BCUT2D eigenvalue weighted by Gasteiger charge is -2.25. The Kier molecular flexibility index (Phi) is 10.9. The van der Waals surface area contributed by atoms with Crippen LogP contribution in [0.2, 0.25) is 0 Å². The molecule has 0 aromatic heterocycles. The van der Waals surface area contributed by atoms with Crippen molar-refractivity contribution < 1.29 is 4.79 Å². The van der Waals surface area contributed by atoms with Crippen LogP contribution >= 0.6 is 0 Å². The summed E-state index contributed by atoms with van der Waals surface area (Å²) in [6.45, 7) is 11.1. The van der Waals surface area contributed by atoms with Gasteiger partial charge in [-0.15, -0.1) is 0 Å². The van der Waals surface area contributed by atoms with Crippen LogP contribution in [0.25, 0.3) is 0 Å². The first-order valence-electron chi connectivity index (χ1n) is 8.06. The van der Waals surface area contributed by atoms with Crippen molar-refractivity contribution >= 4 is 5.91 Å². The standard InChI is InChI=1S/C16H34N2O/c1-5-8-15(11-12-17)9-10-16(19)18(7-3)13-14(4)6-2/h14-15H,5-13,17H2,1-4H3. The highest BCUT2D eigenvalue weighted by molar-refractivity contribution is 5.76. The molecule has 2 unspecified atom stereocenters. The van der Waals surface area contributed by atoms with Crippen molar-refractivity contribution in [2.24, 2.45) is 17.6 Å². The van der Waals surface area contributed by atoms with Crippen molar-refractivity contribution in [3.05, 3.63) is 0 Å². The van der Waals surface area contributed by atoms with E-state index in [9.17, 15) is 4.79 Å². The summed E-state index contributed by atoms with van der Waals surface area (Å²) < 4.78 is 0. The van der Waals surface area contributed by atoms with Crippen LogP contribution in [-0.2, 0) is 4.79 Å². The van der Waals surface area contributed by atoms with E-state index in [0.29, 0.717) is 24.2 Å². The van der Waals surface area contributed by atoms with E-state index >= 15 is 0 Å². The molecule has 0 spiro atoms. The van der Waals surface area contributed by atoms with Crippen molar-refractivity contribution in [1.29, 1.82) is 0 Å². The molecule has 2 N–H and O–H groups in total. The van der Waals surface area contributed by atoms with Gasteiger partial charge in [-0.25, -0.2) is 0 Å². The van der Waals surface area contributed by atoms with E-state index in [4.69, 9.17) is 5.73 Å². The Morgan fingerprint density at radius 2 is 1.84 bits per heavy atom. The Labute approximate surface area is 119 Å². The molecule has 0 rings (SSSR count). The van der Waals surface area contributed by atoms with Gasteiger partial charge in [0.15, 0.2) is 0 Å². The van der Waals surface area contributed by atoms with Crippen molar-refractivity contribution in [2.45, 2.75) is 66.2 Å². The van der Waals surface area contributed by atoms with Gasteiger partial charge in [-0.05, 0) is 38.1 Å². The summed E-state index contributed by atoms with van der Waals surface area (Å²) >= 11 is 0. The number of carbonyl (C=O) groups is 1. The molecule has 1 amide bonds. The molecule has 0 fully saturated rings. The molecule has 3 nitrogen and oxygen atoms in total. The minimum absolute atomic E-state index is 0.320. The van der Waals surface area contributed by atoms with Crippen LogP contribution in [0, 0.1) is 11.8 Å². The van der Waals surface area contributed by atoms with Crippen molar-refractivity contribution in [3.63, 3.8) is 0 Å². The topological polar surface area (TPSA) is 46.3 Å². The molecule has 0 saturated heterocycles. The SMILES string of the molecule is CCCC(CCN)CCC(=O)N(CC)CC(C)CC. The predicted octanol–water partition coefficient (Wildman–Crippen LogP) is 3.43. The lowest BCUT2D eigenvalue weighted by atomic mass is 9.94. The monoisotopic (exact) mass is 270 g/mol. The second kappa shape index (κ2) is 11.3. The van der Waals surface area contributed by atoms with E-state index in [-0.39, 0.29) is 0 Å². The fourth-order valence-corrected chi connectivity index (χ4v) is 2.48. The highest BCUT2D eigenvalue weighted by Gasteiger charge is 2.16. The molecular weight excluding hydrogens is 236 g/mol. The second-order valence-electron chi connectivity index (χ2n) is 5.72. The normalized spacial score (nSPS) is 14.2. The molecule has 19 heavy (non-hydrogen) atoms. The Morgan fingerprint density at radius 1 is 1.16 bits per heavy atom. The maximum atomic E-state index is 12.2. The molecule has 0 aromatic carbocycles. The van der Waals surface area contributed by atoms with Crippen LogP contribution in [0.5, 0.6) is 0 Å². The summed E-state index contributed by atoms with van der Waals surface area (Å²) in [5.74, 6) is 1.54. The van der Waals surface area contributed by atoms with E-state index in [0.717, 1.165) is 38.9 Å². The summed E-state index contributed by atoms with van der Waals surface area (Å²) in [5.41, 5.74) is 5.64. The molecule has 0 aliphatic carbocycles. The number of hydrogen-bond donors (Lipinski definition) is 1. The van der Waals surface area contributed by atoms with Crippen LogP contribution in [0.4, 0.5) is 0 Å². The van der Waals surface area contributed by atoms with Gasteiger partial charge in [0, 0.05) is 19.5 Å². The van der Waals surface area contributed by atoms with Gasteiger partial charge in [-0.2, -0.15) is 0 Å². The van der Waals surface area contributed by atoms with E-state index in [1.807, 2.05) is 4.90 Å². The molecule has 0 radical (unpaired) electrons. The molecule has 0 aliphatic heterocycles.